The van der Waals surface area contributed by atoms with Crippen molar-refractivity contribution in [1.29, 1.82) is 5.26 Å². The fraction of sp³-hybridized carbons (Fsp3) is 0.150. The molecule has 0 saturated carbocycles. The minimum atomic E-state index is 0.569. The lowest BCUT2D eigenvalue weighted by Gasteiger charge is -2.11. The molecule has 0 radical (unpaired) electrons. The number of nitrogens with one attached hydrogen (secondary N) is 2. The van der Waals surface area contributed by atoms with Crippen LogP contribution in [0.15, 0.2) is 54.6 Å². The predicted molar refractivity (Wildman–Crippen MR) is 105 cm³/mol. The van der Waals surface area contributed by atoms with Crippen LogP contribution in [0.25, 0.3) is 0 Å². The highest BCUT2D eigenvalue weighted by molar-refractivity contribution is 6.30. The van der Waals surface area contributed by atoms with Gasteiger partial charge < -0.3 is 10.6 Å². The van der Waals surface area contributed by atoms with Crippen LogP contribution in [0, 0.1) is 18.3 Å². The van der Waals surface area contributed by atoms with Gasteiger partial charge in [0.2, 0.25) is 0 Å². The fourth-order valence-electron chi connectivity index (χ4n) is 2.58. The molecule has 0 aliphatic carbocycles. The molecule has 130 valence electrons. The smallest absolute Gasteiger partial charge is 0.136 e. The quantitative estimate of drug-likeness (QED) is 0.663. The van der Waals surface area contributed by atoms with Crippen molar-refractivity contribution in [2.24, 2.45) is 0 Å². The highest BCUT2D eigenvalue weighted by Crippen LogP contribution is 2.20. The summed E-state index contributed by atoms with van der Waals surface area (Å²) < 4.78 is 0. The van der Waals surface area contributed by atoms with Crippen LogP contribution in [-0.2, 0) is 6.42 Å². The Morgan fingerprint density at radius 3 is 2.65 bits per heavy atom. The number of rotatable bonds is 6. The maximum atomic E-state index is 9.21. The lowest BCUT2D eigenvalue weighted by Crippen LogP contribution is -2.08. The molecule has 3 aromatic rings. The topological polar surface area (TPSA) is 73.6 Å². The molecule has 6 heteroatoms. The van der Waals surface area contributed by atoms with Crippen LogP contribution in [-0.4, -0.2) is 16.5 Å². The molecule has 3 rings (SSSR count). The van der Waals surface area contributed by atoms with Crippen LogP contribution < -0.4 is 10.6 Å². The van der Waals surface area contributed by atoms with Crippen molar-refractivity contribution in [3.05, 3.63) is 76.6 Å². The third-order valence-electron chi connectivity index (χ3n) is 3.76. The largest absolute Gasteiger partial charge is 0.370 e. The minimum Gasteiger partial charge on any atom is -0.370 e. The van der Waals surface area contributed by atoms with Crippen LogP contribution in [0.5, 0.6) is 0 Å². The zero-order valence-electron chi connectivity index (χ0n) is 14.3. The number of nitriles is 1. The molecule has 0 bridgehead atoms. The molecule has 5 nitrogen and oxygen atoms in total. The normalized spacial score (nSPS) is 10.2. The van der Waals surface area contributed by atoms with E-state index in [9.17, 15) is 5.26 Å². The number of benzene rings is 2. The van der Waals surface area contributed by atoms with Crippen LogP contribution in [0.3, 0.4) is 0 Å². The zero-order chi connectivity index (χ0) is 18.4. The van der Waals surface area contributed by atoms with Gasteiger partial charge in [0.25, 0.3) is 0 Å². The second-order valence-corrected chi connectivity index (χ2v) is 6.21. The van der Waals surface area contributed by atoms with Gasteiger partial charge in [0, 0.05) is 17.6 Å². The van der Waals surface area contributed by atoms with Gasteiger partial charge in [-0.1, -0.05) is 35.9 Å². The van der Waals surface area contributed by atoms with Gasteiger partial charge >= 0.3 is 0 Å². The fourth-order valence-corrected chi connectivity index (χ4v) is 2.79. The van der Waals surface area contributed by atoms with E-state index in [2.05, 4.69) is 26.7 Å². The predicted octanol–water partition coefficient (Wildman–Crippen LogP) is 4.71. The Labute approximate surface area is 157 Å². The zero-order valence-corrected chi connectivity index (χ0v) is 15.1. The molecule has 2 N–H and O–H groups in total. The average Bonchev–Trinajstić information content (AvgIpc) is 2.62. The van der Waals surface area contributed by atoms with Crippen molar-refractivity contribution >= 4 is 28.9 Å². The van der Waals surface area contributed by atoms with Gasteiger partial charge in [-0.05, 0) is 43.2 Å². The number of anilines is 3. The van der Waals surface area contributed by atoms with Gasteiger partial charge in [-0.15, -0.1) is 0 Å². The number of nitrogens with zero attached hydrogens (tertiary/aromatic N) is 3. The highest BCUT2D eigenvalue weighted by atomic mass is 35.5. The van der Waals surface area contributed by atoms with Gasteiger partial charge in [-0.3, -0.25) is 0 Å². The summed E-state index contributed by atoms with van der Waals surface area (Å²) in [6.07, 6.45) is 0.837. The second kappa shape index (κ2) is 8.32. The molecule has 1 aromatic heterocycles. The van der Waals surface area contributed by atoms with Gasteiger partial charge in [0.15, 0.2) is 0 Å². The van der Waals surface area contributed by atoms with Crippen molar-refractivity contribution in [2.75, 3.05) is 17.2 Å². The molecular formula is C20H18ClN5. The van der Waals surface area contributed by atoms with Crippen LogP contribution >= 0.6 is 11.6 Å². The third kappa shape index (κ3) is 4.71. The second-order valence-electron chi connectivity index (χ2n) is 5.77. The maximum absolute atomic E-state index is 9.21. The number of hydrogen-bond acceptors (Lipinski definition) is 5. The van der Waals surface area contributed by atoms with Crippen LogP contribution in [0.2, 0.25) is 5.02 Å². The van der Waals surface area contributed by atoms with Crippen molar-refractivity contribution in [3.63, 3.8) is 0 Å². The van der Waals surface area contributed by atoms with Gasteiger partial charge in [0.1, 0.15) is 23.5 Å². The van der Waals surface area contributed by atoms with Crippen LogP contribution in [0.4, 0.5) is 17.3 Å². The van der Waals surface area contributed by atoms with E-state index >= 15 is 0 Å². The van der Waals surface area contributed by atoms with E-state index in [0.29, 0.717) is 17.2 Å². The first kappa shape index (κ1) is 17.7. The van der Waals surface area contributed by atoms with E-state index in [4.69, 9.17) is 11.6 Å². The molecule has 0 aliphatic rings. The van der Waals surface area contributed by atoms with E-state index in [1.807, 2.05) is 55.5 Å². The Balaban J connectivity index is 1.68. The SMILES string of the molecule is Cc1nc(NCCc2cccc(Cl)c2)cc(Nc2ccccc2C#N)n1. The Morgan fingerprint density at radius 2 is 1.85 bits per heavy atom. The molecule has 0 aliphatic heterocycles. The van der Waals surface area contributed by atoms with Gasteiger partial charge in [-0.2, -0.15) is 5.26 Å². The Kier molecular flexibility index (Phi) is 5.67. The molecule has 0 atom stereocenters. The summed E-state index contributed by atoms with van der Waals surface area (Å²) in [5.74, 6) is 2.02. The lowest BCUT2D eigenvalue weighted by molar-refractivity contribution is 0.983. The summed E-state index contributed by atoms with van der Waals surface area (Å²) in [7, 11) is 0. The van der Waals surface area contributed by atoms with Crippen molar-refractivity contribution in [2.45, 2.75) is 13.3 Å². The molecule has 0 spiro atoms. The lowest BCUT2D eigenvalue weighted by atomic mass is 10.1. The number of halogens is 1. The van der Waals surface area contributed by atoms with Crippen molar-refractivity contribution in [3.8, 4) is 6.07 Å². The molecule has 26 heavy (non-hydrogen) atoms. The summed E-state index contributed by atoms with van der Waals surface area (Å²) in [5.41, 5.74) is 2.45. The van der Waals surface area contributed by atoms with Crippen molar-refractivity contribution in [1.82, 2.24) is 9.97 Å². The highest BCUT2D eigenvalue weighted by Gasteiger charge is 2.05. The summed E-state index contributed by atoms with van der Waals surface area (Å²) in [6, 6.07) is 19.1. The minimum absolute atomic E-state index is 0.569. The monoisotopic (exact) mass is 363 g/mol. The molecule has 0 unspecified atom stereocenters. The molecule has 1 heterocycles. The van der Waals surface area contributed by atoms with E-state index in [-0.39, 0.29) is 0 Å². The van der Waals surface area contributed by atoms with Crippen LogP contribution in [0.1, 0.15) is 17.0 Å². The van der Waals surface area contributed by atoms with E-state index in [1.54, 1.807) is 6.07 Å². The van der Waals surface area contributed by atoms with E-state index in [1.165, 1.54) is 0 Å². The molecule has 0 fully saturated rings. The number of aromatic nitrogens is 2. The summed E-state index contributed by atoms with van der Waals surface area (Å²) in [6.45, 7) is 2.56. The van der Waals surface area contributed by atoms with Gasteiger partial charge in [0.05, 0.1) is 11.3 Å². The van der Waals surface area contributed by atoms with E-state index in [0.717, 1.165) is 35.1 Å². The first-order valence-electron chi connectivity index (χ1n) is 8.24. The Morgan fingerprint density at radius 1 is 1.04 bits per heavy atom. The molecular weight excluding hydrogens is 346 g/mol. The van der Waals surface area contributed by atoms with Crippen molar-refractivity contribution < 1.29 is 0 Å². The first-order chi connectivity index (χ1) is 12.6. The number of para-hydroxylation sites is 1. The van der Waals surface area contributed by atoms with Gasteiger partial charge in [-0.25, -0.2) is 9.97 Å². The first-order valence-corrected chi connectivity index (χ1v) is 8.62. The number of hydrogen-bond donors (Lipinski definition) is 2. The standard InChI is InChI=1S/C20H18ClN5/c1-14-24-19(23-10-9-15-5-4-7-17(21)11-15)12-20(25-14)26-18-8-3-2-6-16(18)13-22/h2-8,11-12H,9-10H2,1H3,(H2,23,24,25,26). The van der Waals surface area contributed by atoms with E-state index < -0.39 is 0 Å². The molecule has 0 saturated heterocycles. The number of aryl methyl sites for hydroxylation is 1. The molecule has 0 amide bonds. The summed E-state index contributed by atoms with van der Waals surface area (Å²) >= 11 is 6.01. The summed E-state index contributed by atoms with van der Waals surface area (Å²) in [5, 5.41) is 16.4. The summed E-state index contributed by atoms with van der Waals surface area (Å²) in [4.78, 5) is 8.81. The third-order valence-corrected chi connectivity index (χ3v) is 3.99. The average molecular weight is 364 g/mol. The molecule has 2 aromatic carbocycles. The maximum Gasteiger partial charge on any atom is 0.136 e. The Bertz CT molecular complexity index is 949. The Hall–Kier alpha value is -3.10.